The van der Waals surface area contributed by atoms with E-state index in [1.165, 1.54) is 12.1 Å². The van der Waals surface area contributed by atoms with Crippen LogP contribution in [0, 0.1) is 5.82 Å². The summed E-state index contributed by atoms with van der Waals surface area (Å²) in [6.45, 7) is 1.13. The number of benzene rings is 2. The molecule has 2 N–H and O–H groups in total. The Labute approximate surface area is 179 Å². The lowest BCUT2D eigenvalue weighted by Crippen LogP contribution is -2.40. The maximum absolute atomic E-state index is 13.6. The number of nitrogens with two attached hydrogens (primary N) is 1. The van der Waals surface area contributed by atoms with Crippen LogP contribution in [0.25, 0.3) is 10.9 Å². The lowest BCUT2D eigenvalue weighted by Gasteiger charge is -2.33. The molecule has 31 heavy (non-hydrogen) atoms. The number of ether oxygens (including phenoxy) is 1. The summed E-state index contributed by atoms with van der Waals surface area (Å²) in [4.78, 5) is 31.5. The average Bonchev–Trinajstić information content (AvgIpc) is 2.78. The Kier molecular flexibility index (Phi) is 5.84. The molecule has 0 aliphatic carbocycles. The van der Waals surface area contributed by atoms with Crippen molar-refractivity contribution in [3.63, 3.8) is 0 Å². The number of hydrogen-bond donors (Lipinski definition) is 1. The minimum absolute atomic E-state index is 0.0263. The van der Waals surface area contributed by atoms with Crippen molar-refractivity contribution in [2.24, 2.45) is 5.73 Å². The van der Waals surface area contributed by atoms with E-state index in [1.807, 2.05) is 29.2 Å². The third-order valence-corrected chi connectivity index (χ3v) is 5.75. The highest BCUT2D eigenvalue weighted by Gasteiger charge is 2.28. The number of primary amides is 1. The zero-order valence-electron chi connectivity index (χ0n) is 17.3. The average molecular weight is 421 g/mol. The van der Waals surface area contributed by atoms with Crippen molar-refractivity contribution in [2.75, 3.05) is 20.2 Å². The molecule has 3 aromatic rings. The first-order chi connectivity index (χ1) is 14.9. The maximum atomic E-state index is 13.6. The fourth-order valence-corrected chi connectivity index (χ4v) is 4.13. The molecule has 4 rings (SSSR count). The SMILES string of the molecule is COc1ccc(CC(=O)N2CCC[C@@H](c3nc4ccc(F)cc4cc3C(N)=O)C2)cc1. The van der Waals surface area contributed by atoms with Gasteiger partial charge in [0, 0.05) is 24.4 Å². The van der Waals surface area contributed by atoms with Gasteiger partial charge in [-0.1, -0.05) is 12.1 Å². The van der Waals surface area contributed by atoms with E-state index in [4.69, 9.17) is 10.5 Å². The number of likely N-dealkylation sites (tertiary alicyclic amines) is 1. The van der Waals surface area contributed by atoms with Gasteiger partial charge in [-0.25, -0.2) is 4.39 Å². The van der Waals surface area contributed by atoms with E-state index in [1.54, 1.807) is 19.2 Å². The molecule has 1 fully saturated rings. The van der Waals surface area contributed by atoms with E-state index in [-0.39, 0.29) is 17.4 Å². The first-order valence-electron chi connectivity index (χ1n) is 10.3. The van der Waals surface area contributed by atoms with E-state index >= 15 is 0 Å². The van der Waals surface area contributed by atoms with Crippen LogP contribution in [0.4, 0.5) is 4.39 Å². The van der Waals surface area contributed by atoms with Crippen LogP contribution in [0.3, 0.4) is 0 Å². The molecule has 7 heteroatoms. The number of aromatic nitrogens is 1. The number of piperidine rings is 1. The number of rotatable bonds is 5. The number of pyridine rings is 1. The van der Waals surface area contributed by atoms with Crippen LogP contribution >= 0.6 is 0 Å². The molecule has 0 spiro atoms. The first-order valence-corrected chi connectivity index (χ1v) is 10.3. The van der Waals surface area contributed by atoms with Gasteiger partial charge in [0.05, 0.1) is 30.3 Å². The monoisotopic (exact) mass is 421 g/mol. The minimum atomic E-state index is -0.602. The Hall–Kier alpha value is -3.48. The molecular formula is C24H24FN3O3. The number of fused-ring (bicyclic) bond motifs is 1. The van der Waals surface area contributed by atoms with Crippen LogP contribution in [0.15, 0.2) is 48.5 Å². The van der Waals surface area contributed by atoms with Crippen molar-refractivity contribution in [3.05, 3.63) is 71.2 Å². The number of halogens is 1. The minimum Gasteiger partial charge on any atom is -0.497 e. The Morgan fingerprint density at radius 1 is 1.19 bits per heavy atom. The highest BCUT2D eigenvalue weighted by Crippen LogP contribution is 2.30. The highest BCUT2D eigenvalue weighted by molar-refractivity contribution is 5.98. The second-order valence-corrected chi connectivity index (χ2v) is 7.83. The summed E-state index contributed by atoms with van der Waals surface area (Å²) in [5.41, 5.74) is 7.98. The van der Waals surface area contributed by atoms with Crippen molar-refractivity contribution in [3.8, 4) is 5.75 Å². The molecule has 2 heterocycles. The van der Waals surface area contributed by atoms with E-state index in [0.29, 0.717) is 36.1 Å². The largest absolute Gasteiger partial charge is 0.497 e. The van der Waals surface area contributed by atoms with E-state index in [0.717, 1.165) is 24.2 Å². The standard InChI is InChI=1S/C24H24FN3O3/c1-31-19-7-4-15(5-8-19)11-22(29)28-10-2-3-16(14-28)23-20(24(26)30)13-17-12-18(25)6-9-21(17)27-23/h4-9,12-13,16H,2-3,10-11,14H2,1H3,(H2,26,30)/t16-/m1/s1. The molecule has 0 unspecified atom stereocenters. The zero-order valence-corrected chi connectivity index (χ0v) is 17.3. The van der Waals surface area contributed by atoms with Crippen molar-refractivity contribution in [1.82, 2.24) is 9.88 Å². The fourth-order valence-electron chi connectivity index (χ4n) is 4.13. The smallest absolute Gasteiger partial charge is 0.250 e. The molecule has 2 amide bonds. The molecule has 1 aliphatic rings. The van der Waals surface area contributed by atoms with Gasteiger partial charge >= 0.3 is 0 Å². The van der Waals surface area contributed by atoms with Gasteiger partial charge < -0.3 is 15.4 Å². The number of methoxy groups -OCH3 is 1. The Morgan fingerprint density at radius 3 is 2.68 bits per heavy atom. The zero-order chi connectivity index (χ0) is 22.0. The van der Waals surface area contributed by atoms with Gasteiger partial charge in [-0.2, -0.15) is 0 Å². The van der Waals surface area contributed by atoms with Crippen LogP contribution in [0.2, 0.25) is 0 Å². The van der Waals surface area contributed by atoms with Crippen molar-refractivity contribution >= 4 is 22.7 Å². The number of carbonyl (C=O) groups is 2. The Bertz CT molecular complexity index is 1130. The number of nitrogens with zero attached hydrogens (tertiary/aromatic N) is 2. The van der Waals surface area contributed by atoms with Gasteiger partial charge in [0.2, 0.25) is 5.91 Å². The summed E-state index contributed by atoms with van der Waals surface area (Å²) in [6, 6.07) is 13.3. The molecule has 0 radical (unpaired) electrons. The molecule has 1 saturated heterocycles. The van der Waals surface area contributed by atoms with Crippen molar-refractivity contribution < 1.29 is 18.7 Å². The Balaban J connectivity index is 1.56. The van der Waals surface area contributed by atoms with Gasteiger partial charge in [0.25, 0.3) is 5.91 Å². The first kappa shape index (κ1) is 20.8. The second-order valence-electron chi connectivity index (χ2n) is 7.83. The molecule has 1 aromatic heterocycles. The fraction of sp³-hybridized carbons (Fsp3) is 0.292. The lowest BCUT2D eigenvalue weighted by molar-refractivity contribution is -0.131. The lowest BCUT2D eigenvalue weighted by atomic mass is 9.90. The second kappa shape index (κ2) is 8.71. The van der Waals surface area contributed by atoms with Crippen LogP contribution < -0.4 is 10.5 Å². The number of amides is 2. The van der Waals surface area contributed by atoms with Crippen molar-refractivity contribution in [1.29, 1.82) is 0 Å². The molecule has 2 aromatic carbocycles. The van der Waals surface area contributed by atoms with Gasteiger partial charge in [-0.15, -0.1) is 0 Å². The van der Waals surface area contributed by atoms with Gasteiger partial charge in [0.1, 0.15) is 11.6 Å². The Morgan fingerprint density at radius 2 is 1.97 bits per heavy atom. The maximum Gasteiger partial charge on any atom is 0.250 e. The highest BCUT2D eigenvalue weighted by atomic mass is 19.1. The molecule has 1 aliphatic heterocycles. The third kappa shape index (κ3) is 4.50. The van der Waals surface area contributed by atoms with Gasteiger partial charge in [-0.3, -0.25) is 14.6 Å². The molecular weight excluding hydrogens is 397 g/mol. The van der Waals surface area contributed by atoms with E-state index in [9.17, 15) is 14.0 Å². The summed E-state index contributed by atoms with van der Waals surface area (Å²) in [5.74, 6) is -0.333. The predicted octanol–water partition coefficient (Wildman–Crippen LogP) is 3.43. The van der Waals surface area contributed by atoms with Crippen LogP contribution in [0.1, 0.15) is 40.4 Å². The molecule has 160 valence electrons. The van der Waals surface area contributed by atoms with E-state index in [2.05, 4.69) is 4.98 Å². The number of carbonyl (C=O) groups excluding carboxylic acids is 2. The third-order valence-electron chi connectivity index (χ3n) is 5.75. The summed E-state index contributed by atoms with van der Waals surface area (Å²) in [5, 5.41) is 0.529. The van der Waals surface area contributed by atoms with Crippen molar-refractivity contribution in [2.45, 2.75) is 25.2 Å². The summed E-state index contributed by atoms with van der Waals surface area (Å²) >= 11 is 0. The number of hydrogen-bond acceptors (Lipinski definition) is 4. The van der Waals surface area contributed by atoms with E-state index < -0.39 is 11.7 Å². The van der Waals surface area contributed by atoms with Crippen LogP contribution in [-0.2, 0) is 11.2 Å². The molecule has 1 atom stereocenters. The molecule has 6 nitrogen and oxygen atoms in total. The molecule has 0 bridgehead atoms. The van der Waals surface area contributed by atoms with Gasteiger partial charge in [-0.05, 0) is 54.8 Å². The van der Waals surface area contributed by atoms with Crippen LogP contribution in [-0.4, -0.2) is 41.9 Å². The summed E-state index contributed by atoms with van der Waals surface area (Å²) in [7, 11) is 1.60. The normalized spacial score (nSPS) is 16.3. The topological polar surface area (TPSA) is 85.5 Å². The quantitative estimate of drug-likeness (QED) is 0.684. The van der Waals surface area contributed by atoms with Crippen LogP contribution in [0.5, 0.6) is 5.75 Å². The summed E-state index contributed by atoms with van der Waals surface area (Å²) < 4.78 is 18.8. The van der Waals surface area contributed by atoms with Gasteiger partial charge in [0.15, 0.2) is 0 Å². The summed E-state index contributed by atoms with van der Waals surface area (Å²) in [6.07, 6.45) is 1.90. The predicted molar refractivity (Wildman–Crippen MR) is 115 cm³/mol. The molecule has 0 saturated carbocycles.